The molecule has 0 saturated heterocycles. The zero-order valence-electron chi connectivity index (χ0n) is 11.0. The minimum Gasteiger partial charge on any atom is -0.313 e. The van der Waals surface area contributed by atoms with Crippen LogP contribution in [0, 0.1) is 17.7 Å². The van der Waals surface area contributed by atoms with Gasteiger partial charge >= 0.3 is 0 Å². The Morgan fingerprint density at radius 3 is 2.83 bits per heavy atom. The molecule has 0 aromatic heterocycles. The second-order valence-electron chi connectivity index (χ2n) is 5.28. The van der Waals surface area contributed by atoms with Crippen LogP contribution in [0.1, 0.15) is 44.2 Å². The van der Waals surface area contributed by atoms with Gasteiger partial charge in [0.15, 0.2) is 0 Å². The molecule has 18 heavy (non-hydrogen) atoms. The van der Waals surface area contributed by atoms with E-state index in [0.717, 1.165) is 16.0 Å². The standard InChI is InChI=1S/C15H21BrFN/c1-3-10-4-5-11(8-10)15(18-2)13-9-12(16)6-7-14(13)17/h6-7,9-11,15,18H,3-5,8H2,1-2H3. The van der Waals surface area contributed by atoms with Gasteiger partial charge in [-0.2, -0.15) is 0 Å². The molecule has 1 saturated carbocycles. The smallest absolute Gasteiger partial charge is 0.128 e. The van der Waals surface area contributed by atoms with Crippen molar-refractivity contribution in [1.29, 1.82) is 0 Å². The molecule has 1 nitrogen and oxygen atoms in total. The molecule has 0 spiro atoms. The first-order valence-corrected chi connectivity index (χ1v) is 7.57. The summed E-state index contributed by atoms with van der Waals surface area (Å²) in [6.45, 7) is 2.25. The Labute approximate surface area is 117 Å². The van der Waals surface area contributed by atoms with Crippen LogP contribution in [0.4, 0.5) is 4.39 Å². The van der Waals surface area contributed by atoms with Crippen molar-refractivity contribution in [2.45, 2.75) is 38.6 Å². The lowest BCUT2D eigenvalue weighted by molar-refractivity contribution is 0.362. The van der Waals surface area contributed by atoms with E-state index in [-0.39, 0.29) is 11.9 Å². The molecule has 0 aliphatic heterocycles. The number of halogens is 2. The maximum atomic E-state index is 14.0. The lowest BCUT2D eigenvalue weighted by atomic mass is 9.90. The Hall–Kier alpha value is -0.410. The lowest BCUT2D eigenvalue weighted by Gasteiger charge is -2.24. The summed E-state index contributed by atoms with van der Waals surface area (Å²) in [7, 11) is 1.93. The minimum atomic E-state index is -0.0995. The fourth-order valence-corrected chi connectivity index (χ4v) is 3.56. The van der Waals surface area contributed by atoms with E-state index >= 15 is 0 Å². The second-order valence-corrected chi connectivity index (χ2v) is 6.20. The van der Waals surface area contributed by atoms with E-state index in [1.54, 1.807) is 12.1 Å². The topological polar surface area (TPSA) is 12.0 Å². The Balaban J connectivity index is 2.20. The highest BCUT2D eigenvalue weighted by Gasteiger charge is 2.31. The first-order chi connectivity index (χ1) is 8.65. The van der Waals surface area contributed by atoms with Crippen LogP contribution in [0.25, 0.3) is 0 Å². The molecule has 0 heterocycles. The molecule has 0 amide bonds. The van der Waals surface area contributed by atoms with Crippen molar-refractivity contribution in [3.05, 3.63) is 34.1 Å². The predicted octanol–water partition coefficient (Wildman–Crippen LogP) is 4.68. The molecular weight excluding hydrogens is 293 g/mol. The molecular formula is C15H21BrFN. The molecule has 1 aliphatic rings. The summed E-state index contributed by atoms with van der Waals surface area (Å²) in [4.78, 5) is 0. The molecule has 3 atom stereocenters. The summed E-state index contributed by atoms with van der Waals surface area (Å²) in [5, 5.41) is 3.31. The molecule has 100 valence electrons. The van der Waals surface area contributed by atoms with E-state index in [0.29, 0.717) is 5.92 Å². The molecule has 0 bridgehead atoms. The monoisotopic (exact) mass is 313 g/mol. The minimum absolute atomic E-state index is 0.0995. The fourth-order valence-electron chi connectivity index (χ4n) is 3.19. The molecule has 0 radical (unpaired) electrons. The van der Waals surface area contributed by atoms with E-state index in [9.17, 15) is 4.39 Å². The van der Waals surface area contributed by atoms with Gasteiger partial charge in [-0.3, -0.25) is 0 Å². The van der Waals surface area contributed by atoms with Gasteiger partial charge in [0.1, 0.15) is 5.82 Å². The van der Waals surface area contributed by atoms with Gasteiger partial charge in [0.05, 0.1) is 0 Å². The van der Waals surface area contributed by atoms with Crippen molar-refractivity contribution >= 4 is 15.9 Å². The molecule has 1 N–H and O–H groups in total. The Bertz CT molecular complexity index is 407. The molecule has 1 aromatic carbocycles. The highest BCUT2D eigenvalue weighted by atomic mass is 79.9. The average molecular weight is 314 g/mol. The van der Waals surface area contributed by atoms with Gasteiger partial charge < -0.3 is 5.32 Å². The zero-order valence-corrected chi connectivity index (χ0v) is 12.6. The van der Waals surface area contributed by atoms with E-state index < -0.39 is 0 Å². The van der Waals surface area contributed by atoms with Crippen molar-refractivity contribution in [1.82, 2.24) is 5.32 Å². The maximum Gasteiger partial charge on any atom is 0.128 e. The summed E-state index contributed by atoms with van der Waals surface area (Å²) in [5.41, 5.74) is 0.800. The second kappa shape index (κ2) is 6.16. The zero-order chi connectivity index (χ0) is 13.1. The van der Waals surface area contributed by atoms with Crippen LogP contribution >= 0.6 is 15.9 Å². The van der Waals surface area contributed by atoms with Crippen LogP contribution in [0.5, 0.6) is 0 Å². The average Bonchev–Trinajstić information content (AvgIpc) is 2.83. The van der Waals surface area contributed by atoms with Crippen molar-refractivity contribution in [2.24, 2.45) is 11.8 Å². The number of hydrogen-bond donors (Lipinski definition) is 1. The van der Waals surface area contributed by atoms with Gasteiger partial charge in [-0.1, -0.05) is 35.7 Å². The normalized spacial score (nSPS) is 25.3. The molecule has 3 heteroatoms. The van der Waals surface area contributed by atoms with Gasteiger partial charge in [-0.15, -0.1) is 0 Å². The molecule has 1 fully saturated rings. The highest BCUT2D eigenvalue weighted by Crippen LogP contribution is 2.41. The van der Waals surface area contributed by atoms with Crippen LogP contribution in [0.15, 0.2) is 22.7 Å². The molecule has 1 aliphatic carbocycles. The van der Waals surface area contributed by atoms with Gasteiger partial charge in [-0.05, 0) is 49.9 Å². The largest absolute Gasteiger partial charge is 0.313 e. The predicted molar refractivity (Wildman–Crippen MR) is 77.0 cm³/mol. The van der Waals surface area contributed by atoms with E-state index in [2.05, 4.69) is 28.2 Å². The summed E-state index contributed by atoms with van der Waals surface area (Å²) in [6, 6.07) is 5.36. The van der Waals surface area contributed by atoms with Gasteiger partial charge in [0.2, 0.25) is 0 Å². The molecule has 2 rings (SSSR count). The first kappa shape index (κ1) is 14.0. The quantitative estimate of drug-likeness (QED) is 0.851. The van der Waals surface area contributed by atoms with Gasteiger partial charge in [0.25, 0.3) is 0 Å². The van der Waals surface area contributed by atoms with Crippen LogP contribution < -0.4 is 5.32 Å². The summed E-state index contributed by atoms with van der Waals surface area (Å²) >= 11 is 3.43. The Morgan fingerprint density at radius 1 is 1.44 bits per heavy atom. The van der Waals surface area contributed by atoms with Crippen molar-refractivity contribution in [3.8, 4) is 0 Å². The fraction of sp³-hybridized carbons (Fsp3) is 0.600. The van der Waals surface area contributed by atoms with E-state index in [1.165, 1.54) is 25.7 Å². The van der Waals surface area contributed by atoms with Crippen LogP contribution in [0.3, 0.4) is 0 Å². The third-order valence-corrected chi connectivity index (χ3v) is 4.73. The van der Waals surface area contributed by atoms with Crippen molar-refractivity contribution in [2.75, 3.05) is 7.05 Å². The van der Waals surface area contributed by atoms with E-state index in [4.69, 9.17) is 0 Å². The molecule has 1 aromatic rings. The van der Waals surface area contributed by atoms with Gasteiger partial charge in [0, 0.05) is 16.1 Å². The summed E-state index contributed by atoms with van der Waals surface area (Å²) in [6.07, 6.45) is 4.95. The van der Waals surface area contributed by atoms with Crippen molar-refractivity contribution in [3.63, 3.8) is 0 Å². The Kier molecular flexibility index (Phi) is 4.79. The van der Waals surface area contributed by atoms with Gasteiger partial charge in [-0.25, -0.2) is 4.39 Å². The Morgan fingerprint density at radius 2 is 2.22 bits per heavy atom. The summed E-state index contributed by atoms with van der Waals surface area (Å²) < 4.78 is 14.9. The molecule has 3 unspecified atom stereocenters. The maximum absolute atomic E-state index is 14.0. The first-order valence-electron chi connectivity index (χ1n) is 6.78. The third kappa shape index (κ3) is 2.94. The van der Waals surface area contributed by atoms with Crippen LogP contribution in [0.2, 0.25) is 0 Å². The number of rotatable bonds is 4. The van der Waals surface area contributed by atoms with E-state index in [1.807, 2.05) is 13.1 Å². The van der Waals surface area contributed by atoms with Crippen LogP contribution in [-0.2, 0) is 0 Å². The lowest BCUT2D eigenvalue weighted by Crippen LogP contribution is -2.25. The number of nitrogens with one attached hydrogen (secondary N) is 1. The van der Waals surface area contributed by atoms with Crippen molar-refractivity contribution < 1.29 is 4.39 Å². The number of benzene rings is 1. The SMILES string of the molecule is CCC1CCC(C(NC)c2cc(Br)ccc2F)C1. The highest BCUT2D eigenvalue weighted by molar-refractivity contribution is 9.10. The van der Waals surface area contributed by atoms with Crippen LogP contribution in [-0.4, -0.2) is 7.05 Å². The third-order valence-electron chi connectivity index (χ3n) is 4.23. The number of hydrogen-bond acceptors (Lipinski definition) is 1. The summed E-state index contributed by atoms with van der Waals surface area (Å²) in [5.74, 6) is 1.28.